The maximum Gasteiger partial charge on any atom is 0.333 e. The average Bonchev–Trinajstić information content (AvgIpc) is 2.79. The van der Waals surface area contributed by atoms with Crippen LogP contribution >= 0.6 is 0 Å². The number of hydrogen-bond donors (Lipinski definition) is 1. The van der Waals surface area contributed by atoms with Gasteiger partial charge in [0.25, 0.3) is 0 Å². The van der Waals surface area contributed by atoms with Crippen molar-refractivity contribution in [3.8, 4) is 0 Å². The average molecular weight is 480 g/mol. The number of likely N-dealkylation sites (tertiary alicyclic amines) is 1. The summed E-state index contributed by atoms with van der Waals surface area (Å²) < 4.78 is 5.10. The largest absolute Gasteiger partial charge is 0.463 e. The predicted molar refractivity (Wildman–Crippen MR) is 137 cm³/mol. The zero-order chi connectivity index (χ0) is 26.2. The Morgan fingerprint density at radius 2 is 1.74 bits per heavy atom. The molecule has 1 aliphatic rings. The minimum atomic E-state index is -0.636. The molecule has 0 aromatic rings. The van der Waals surface area contributed by atoms with E-state index in [-0.39, 0.29) is 47.2 Å². The summed E-state index contributed by atoms with van der Waals surface area (Å²) in [5, 5.41) is 3.10. The Labute approximate surface area is 207 Å². The molecule has 34 heavy (non-hydrogen) atoms. The SMILES string of the molecule is CCOC(=O)C(C)=C[C@H](C(C)C)N(C)C(=O)[C@@H](NC(=O)[C@H]1CCCCN1C(C)(C)CC)C(C)C. The van der Waals surface area contributed by atoms with Crippen LogP contribution in [-0.4, -0.2) is 71.4 Å². The number of carbonyl (C=O) groups excluding carboxylic acids is 3. The van der Waals surface area contributed by atoms with Crippen LogP contribution in [0.15, 0.2) is 11.6 Å². The molecule has 1 rings (SSSR count). The molecule has 7 nitrogen and oxygen atoms in total. The van der Waals surface area contributed by atoms with Gasteiger partial charge in [-0.2, -0.15) is 0 Å². The molecule has 1 heterocycles. The van der Waals surface area contributed by atoms with E-state index in [9.17, 15) is 14.4 Å². The second kappa shape index (κ2) is 13.3. The minimum Gasteiger partial charge on any atom is -0.463 e. The fourth-order valence-electron chi connectivity index (χ4n) is 4.58. The molecule has 1 fully saturated rings. The fourth-order valence-corrected chi connectivity index (χ4v) is 4.58. The lowest BCUT2D eigenvalue weighted by Gasteiger charge is -2.45. The third-order valence-corrected chi connectivity index (χ3v) is 7.17. The van der Waals surface area contributed by atoms with Crippen LogP contribution in [0.2, 0.25) is 0 Å². The third-order valence-electron chi connectivity index (χ3n) is 7.17. The first-order chi connectivity index (χ1) is 15.8. The summed E-state index contributed by atoms with van der Waals surface area (Å²) in [5.74, 6) is -0.578. The Morgan fingerprint density at radius 3 is 2.24 bits per heavy atom. The lowest BCUT2D eigenvalue weighted by Crippen LogP contribution is -2.61. The van der Waals surface area contributed by atoms with E-state index in [1.165, 1.54) is 0 Å². The summed E-state index contributed by atoms with van der Waals surface area (Å²) in [6.45, 7) is 19.1. The molecule has 0 aromatic heterocycles. The smallest absolute Gasteiger partial charge is 0.333 e. The molecule has 2 amide bonds. The van der Waals surface area contributed by atoms with Gasteiger partial charge in [0.15, 0.2) is 0 Å². The number of esters is 1. The van der Waals surface area contributed by atoms with Gasteiger partial charge < -0.3 is 15.0 Å². The highest BCUT2D eigenvalue weighted by atomic mass is 16.5. The first-order valence-electron chi connectivity index (χ1n) is 13.0. The van der Waals surface area contributed by atoms with Crippen molar-refractivity contribution in [2.75, 3.05) is 20.2 Å². The van der Waals surface area contributed by atoms with Crippen LogP contribution in [0, 0.1) is 11.8 Å². The molecule has 0 aromatic carbocycles. The molecule has 1 N–H and O–H groups in total. The van der Waals surface area contributed by atoms with E-state index in [0.29, 0.717) is 12.2 Å². The third kappa shape index (κ3) is 7.82. The number of likely N-dealkylation sites (N-methyl/N-ethyl adjacent to an activating group) is 1. The van der Waals surface area contributed by atoms with E-state index in [4.69, 9.17) is 4.74 Å². The molecule has 196 valence electrons. The van der Waals surface area contributed by atoms with Crippen LogP contribution < -0.4 is 5.32 Å². The van der Waals surface area contributed by atoms with Crippen LogP contribution in [0.5, 0.6) is 0 Å². The number of amides is 2. The highest BCUT2D eigenvalue weighted by molar-refractivity contribution is 5.91. The van der Waals surface area contributed by atoms with Gasteiger partial charge >= 0.3 is 5.97 Å². The number of nitrogens with one attached hydrogen (secondary N) is 1. The second-order valence-corrected chi connectivity index (χ2v) is 10.9. The molecule has 0 unspecified atom stereocenters. The van der Waals surface area contributed by atoms with Crippen LogP contribution in [-0.2, 0) is 19.1 Å². The van der Waals surface area contributed by atoms with Gasteiger partial charge in [0.2, 0.25) is 11.8 Å². The Hall–Kier alpha value is -1.89. The normalized spacial score (nSPS) is 19.6. The quantitative estimate of drug-likeness (QED) is 0.356. The monoisotopic (exact) mass is 479 g/mol. The first-order valence-corrected chi connectivity index (χ1v) is 13.0. The summed E-state index contributed by atoms with van der Waals surface area (Å²) in [6.07, 6.45) is 5.66. The standard InChI is InChI=1S/C27H49N3O4/c1-11-27(8,9)30-16-14-13-15-21(30)24(31)28-23(19(5)6)25(32)29(10)22(18(3)4)17-20(7)26(33)34-12-2/h17-19,21-23H,11-16H2,1-10H3,(H,28,31)/t21-,22-,23+/m1/s1. The molecule has 3 atom stereocenters. The van der Waals surface area contributed by atoms with Crippen LogP contribution in [0.3, 0.4) is 0 Å². The summed E-state index contributed by atoms with van der Waals surface area (Å²) >= 11 is 0. The van der Waals surface area contributed by atoms with Crippen molar-refractivity contribution in [1.29, 1.82) is 0 Å². The number of rotatable bonds is 11. The number of ether oxygens (including phenoxy) is 1. The van der Waals surface area contributed by atoms with E-state index >= 15 is 0 Å². The van der Waals surface area contributed by atoms with Crippen LogP contribution in [0.25, 0.3) is 0 Å². The molecule has 1 aliphatic heterocycles. The van der Waals surface area contributed by atoms with Crippen molar-refractivity contribution in [3.05, 3.63) is 11.6 Å². The highest BCUT2D eigenvalue weighted by Gasteiger charge is 2.39. The summed E-state index contributed by atoms with van der Waals surface area (Å²) in [5.41, 5.74) is 0.402. The van der Waals surface area contributed by atoms with E-state index in [1.807, 2.05) is 27.7 Å². The fraction of sp³-hybridized carbons (Fsp3) is 0.815. The lowest BCUT2D eigenvalue weighted by atomic mass is 9.90. The zero-order valence-corrected chi connectivity index (χ0v) is 23.2. The van der Waals surface area contributed by atoms with Gasteiger partial charge in [0.1, 0.15) is 6.04 Å². The van der Waals surface area contributed by atoms with Gasteiger partial charge in [-0.3, -0.25) is 14.5 Å². The van der Waals surface area contributed by atoms with Gasteiger partial charge in [-0.1, -0.05) is 47.1 Å². The van der Waals surface area contributed by atoms with E-state index in [2.05, 4.69) is 31.0 Å². The van der Waals surface area contributed by atoms with Crippen molar-refractivity contribution < 1.29 is 19.1 Å². The number of hydrogen-bond acceptors (Lipinski definition) is 5. The molecule has 0 saturated carbocycles. The minimum absolute atomic E-state index is 0.0685. The summed E-state index contributed by atoms with van der Waals surface area (Å²) in [7, 11) is 1.75. The Kier molecular flexibility index (Phi) is 11.8. The lowest BCUT2D eigenvalue weighted by molar-refractivity contribution is -0.141. The van der Waals surface area contributed by atoms with Crippen molar-refractivity contribution in [2.24, 2.45) is 11.8 Å². The zero-order valence-electron chi connectivity index (χ0n) is 23.2. The van der Waals surface area contributed by atoms with Crippen LogP contribution in [0.1, 0.15) is 88.0 Å². The molecule has 0 bridgehead atoms. The number of piperidine rings is 1. The van der Waals surface area contributed by atoms with Crippen molar-refractivity contribution >= 4 is 17.8 Å². The van der Waals surface area contributed by atoms with Crippen molar-refractivity contribution in [1.82, 2.24) is 15.1 Å². The number of carbonyl (C=O) groups is 3. The number of nitrogens with zero attached hydrogens (tertiary/aromatic N) is 2. The predicted octanol–water partition coefficient (Wildman–Crippen LogP) is 4.16. The Morgan fingerprint density at radius 1 is 1.12 bits per heavy atom. The molecule has 0 radical (unpaired) electrons. The maximum atomic E-state index is 13.6. The van der Waals surface area contributed by atoms with Gasteiger partial charge in [0.05, 0.1) is 18.7 Å². The molecule has 0 aliphatic carbocycles. The van der Waals surface area contributed by atoms with Gasteiger partial charge in [-0.25, -0.2) is 4.79 Å². The highest BCUT2D eigenvalue weighted by Crippen LogP contribution is 2.28. The molecule has 7 heteroatoms. The van der Waals surface area contributed by atoms with Crippen molar-refractivity contribution in [3.63, 3.8) is 0 Å². The topological polar surface area (TPSA) is 79.0 Å². The van der Waals surface area contributed by atoms with E-state index < -0.39 is 6.04 Å². The van der Waals surface area contributed by atoms with Crippen molar-refractivity contribution in [2.45, 2.75) is 112 Å². The van der Waals surface area contributed by atoms with Gasteiger partial charge in [-0.05, 0) is 65.3 Å². The summed E-state index contributed by atoms with van der Waals surface area (Å²) in [4.78, 5) is 43.2. The van der Waals surface area contributed by atoms with E-state index in [1.54, 1.807) is 31.9 Å². The van der Waals surface area contributed by atoms with Gasteiger partial charge in [-0.15, -0.1) is 0 Å². The molecule has 1 saturated heterocycles. The van der Waals surface area contributed by atoms with Crippen LogP contribution in [0.4, 0.5) is 0 Å². The molecule has 0 spiro atoms. The van der Waals surface area contributed by atoms with E-state index in [0.717, 1.165) is 32.2 Å². The Bertz CT molecular complexity index is 729. The molecular formula is C27H49N3O4. The summed E-state index contributed by atoms with van der Waals surface area (Å²) in [6, 6.07) is -1.15. The molecular weight excluding hydrogens is 430 g/mol. The van der Waals surface area contributed by atoms with Gasteiger partial charge in [0, 0.05) is 18.2 Å². The first kappa shape index (κ1) is 30.1. The maximum absolute atomic E-state index is 13.6. The Balaban J connectivity index is 3.11. The second-order valence-electron chi connectivity index (χ2n) is 10.9.